The van der Waals surface area contributed by atoms with Crippen LogP contribution < -0.4 is 66.8 Å². The van der Waals surface area contributed by atoms with E-state index in [1.165, 1.54) is 7.11 Å². The Morgan fingerprint density at radius 1 is 1.78 bits per heavy atom. The average molecular weight is 153 g/mol. The molecule has 0 fully saturated rings. The van der Waals surface area contributed by atoms with Gasteiger partial charge in [0.15, 0.2) is 6.01 Å². The van der Waals surface area contributed by atoms with Gasteiger partial charge in [0.05, 0.1) is 7.11 Å². The Morgan fingerprint density at radius 3 is 2.67 bits per heavy atom. The molecular formula is C3H4KN3O2. The molecule has 0 radical (unpaired) electrons. The molecule has 6 heteroatoms. The van der Waals surface area contributed by atoms with Crippen molar-refractivity contribution < 1.29 is 56.1 Å². The molecule has 1 heterocycles. The fourth-order valence-electron chi connectivity index (χ4n) is 0.324. The van der Waals surface area contributed by atoms with Gasteiger partial charge in [-0.1, -0.05) is 0 Å². The summed E-state index contributed by atoms with van der Waals surface area (Å²) in [6, 6.07) is 0.0787. The molecule has 0 aliphatic heterocycles. The van der Waals surface area contributed by atoms with Gasteiger partial charge in [0, 0.05) is 0 Å². The van der Waals surface area contributed by atoms with Gasteiger partial charge in [0.2, 0.25) is 5.69 Å². The number of nitrogens with one attached hydrogen (secondary N) is 1. The van der Waals surface area contributed by atoms with Gasteiger partial charge in [-0.15, -0.1) is 0 Å². The molecule has 0 amide bonds. The van der Waals surface area contributed by atoms with E-state index < -0.39 is 5.69 Å². The van der Waals surface area contributed by atoms with Crippen LogP contribution in [0, 0.1) is 0 Å². The Balaban J connectivity index is 0.000000640. The van der Waals surface area contributed by atoms with E-state index in [4.69, 9.17) is 0 Å². The Labute approximate surface area is 93.6 Å². The van der Waals surface area contributed by atoms with Crippen molar-refractivity contribution >= 4 is 0 Å². The number of methoxy groups -OCH3 is 1. The van der Waals surface area contributed by atoms with Crippen LogP contribution in [0.1, 0.15) is 0 Å². The van der Waals surface area contributed by atoms with E-state index in [1.807, 2.05) is 0 Å². The van der Waals surface area contributed by atoms with Crippen molar-refractivity contribution in [3.8, 4) is 6.01 Å². The zero-order valence-electron chi connectivity index (χ0n) is 5.21. The molecule has 44 valence electrons. The molecule has 0 unspecified atom stereocenters. The molecular weight excluding hydrogens is 149 g/mol. The third kappa shape index (κ3) is 2.63. The quantitative estimate of drug-likeness (QED) is 0.415. The van der Waals surface area contributed by atoms with Gasteiger partial charge in [0.25, 0.3) is 0 Å². The van der Waals surface area contributed by atoms with Gasteiger partial charge in [0.1, 0.15) is 0 Å². The third-order valence-electron chi connectivity index (χ3n) is 0.627. The minimum Gasteiger partial charge on any atom is -0.490 e. The van der Waals surface area contributed by atoms with Crippen LogP contribution in [-0.2, 0) is 0 Å². The summed E-state index contributed by atoms with van der Waals surface area (Å²) >= 11 is 0. The normalized spacial score (nSPS) is 8.11. The van der Waals surface area contributed by atoms with Crippen molar-refractivity contribution in [2.24, 2.45) is 0 Å². The second kappa shape index (κ2) is 4.23. The topological polar surface area (TPSA) is 69.1 Å². The van der Waals surface area contributed by atoms with Gasteiger partial charge in [-0.2, -0.15) is 0 Å². The van der Waals surface area contributed by atoms with Crippen LogP contribution in [0.3, 0.4) is 0 Å². The average Bonchev–Trinajstić information content (AvgIpc) is 2.14. The van der Waals surface area contributed by atoms with Crippen LogP contribution in [0.2, 0.25) is 0 Å². The Hall–Kier alpha value is 0.376. The summed E-state index contributed by atoms with van der Waals surface area (Å²) in [6.07, 6.45) is 0. The molecule has 1 rings (SSSR count). The molecule has 0 saturated heterocycles. The van der Waals surface area contributed by atoms with Crippen LogP contribution in [0.5, 0.6) is 6.01 Å². The van der Waals surface area contributed by atoms with Crippen LogP contribution in [0.4, 0.5) is 0 Å². The minimum atomic E-state index is -0.484. The smallest absolute Gasteiger partial charge is 0.490 e. The van der Waals surface area contributed by atoms with Crippen molar-refractivity contribution in [1.82, 2.24) is 15.2 Å². The summed E-state index contributed by atoms with van der Waals surface area (Å²) in [4.78, 5) is 13.4. The number of nitrogens with zero attached hydrogens (tertiary/aromatic N) is 2. The minimum absolute atomic E-state index is 0. The van der Waals surface area contributed by atoms with Crippen molar-refractivity contribution in [2.75, 3.05) is 7.11 Å². The first kappa shape index (κ1) is 9.38. The van der Waals surface area contributed by atoms with E-state index >= 15 is 0 Å². The van der Waals surface area contributed by atoms with Crippen molar-refractivity contribution in [2.45, 2.75) is 0 Å². The summed E-state index contributed by atoms with van der Waals surface area (Å²) in [5.74, 6) is 0. The fourth-order valence-corrected chi connectivity index (χ4v) is 0.324. The molecule has 0 saturated carbocycles. The summed E-state index contributed by atoms with van der Waals surface area (Å²) in [6.45, 7) is 0. The van der Waals surface area contributed by atoms with E-state index in [-0.39, 0.29) is 57.4 Å². The maximum absolute atomic E-state index is 10.1. The monoisotopic (exact) mass is 153 g/mol. The fraction of sp³-hybridized carbons (Fsp3) is 0.333. The molecule has 1 N–H and O–H groups in total. The number of hydrogen-bond donors (Lipinski definition) is 1. The van der Waals surface area contributed by atoms with Gasteiger partial charge in [-0.25, -0.2) is 0 Å². The van der Waals surface area contributed by atoms with Crippen molar-refractivity contribution in [1.29, 1.82) is 0 Å². The first-order valence-electron chi connectivity index (χ1n) is 1.96. The summed E-state index contributed by atoms with van der Waals surface area (Å²) in [5.41, 5.74) is -0.484. The summed E-state index contributed by atoms with van der Waals surface area (Å²) < 4.78 is 4.48. The summed E-state index contributed by atoms with van der Waals surface area (Å²) in [5, 5.41) is 5.44. The van der Waals surface area contributed by atoms with E-state index in [1.54, 1.807) is 0 Å². The van der Waals surface area contributed by atoms with E-state index in [9.17, 15) is 4.79 Å². The number of hydrogen-bond acceptors (Lipinski definition) is 3. The molecule has 0 atom stereocenters. The Morgan fingerprint density at radius 2 is 2.44 bits per heavy atom. The van der Waals surface area contributed by atoms with Crippen LogP contribution in [-0.4, -0.2) is 17.3 Å². The number of aromatic amines is 1. The molecule has 5 nitrogen and oxygen atoms in total. The number of H-pyrrole nitrogens is 1. The predicted octanol–water partition coefficient (Wildman–Crippen LogP) is -4.26. The second-order valence-electron chi connectivity index (χ2n) is 1.13. The maximum atomic E-state index is 10.1. The van der Waals surface area contributed by atoms with Crippen LogP contribution in [0.25, 0.3) is 0 Å². The molecule has 0 aliphatic rings. The Bertz CT molecular complexity index is 217. The zero-order chi connectivity index (χ0) is 5.98. The predicted molar refractivity (Wildman–Crippen MR) is 24.7 cm³/mol. The SMILES string of the molecule is COc1n[nH]c(=O)[n-]1.[K+]. The first-order chi connectivity index (χ1) is 3.83. The standard InChI is InChI=1S/C3H5N3O2.K/c1-8-3-4-2(7)5-6-3;/h1H3,(H2,4,5,6,7);/q;+1/p-1. The van der Waals surface area contributed by atoms with Gasteiger partial charge in [-0.05, 0) is 0 Å². The zero-order valence-corrected chi connectivity index (χ0v) is 8.33. The molecule has 0 spiro atoms. The van der Waals surface area contributed by atoms with Crippen molar-refractivity contribution in [3.05, 3.63) is 10.5 Å². The third-order valence-corrected chi connectivity index (χ3v) is 0.627. The number of ether oxygens (including phenoxy) is 1. The van der Waals surface area contributed by atoms with Crippen LogP contribution in [0.15, 0.2) is 4.79 Å². The first-order valence-corrected chi connectivity index (χ1v) is 1.96. The summed E-state index contributed by atoms with van der Waals surface area (Å²) in [7, 11) is 1.39. The molecule has 9 heavy (non-hydrogen) atoms. The molecule has 0 aliphatic carbocycles. The number of rotatable bonds is 1. The Kier molecular flexibility index (Phi) is 4.41. The largest absolute Gasteiger partial charge is 1.00 e. The number of aromatic nitrogens is 3. The molecule has 1 aromatic heterocycles. The van der Waals surface area contributed by atoms with E-state index in [2.05, 4.69) is 19.9 Å². The van der Waals surface area contributed by atoms with E-state index in [0.717, 1.165) is 0 Å². The maximum Gasteiger partial charge on any atom is 1.00 e. The molecule has 0 aromatic carbocycles. The van der Waals surface area contributed by atoms with Gasteiger partial charge < -0.3 is 14.9 Å². The molecule has 0 bridgehead atoms. The van der Waals surface area contributed by atoms with Crippen molar-refractivity contribution in [3.63, 3.8) is 0 Å². The van der Waals surface area contributed by atoms with Gasteiger partial charge >= 0.3 is 51.4 Å². The van der Waals surface area contributed by atoms with E-state index in [0.29, 0.717) is 0 Å². The molecule has 1 aromatic rings. The van der Waals surface area contributed by atoms with Crippen LogP contribution >= 0.6 is 0 Å². The second-order valence-corrected chi connectivity index (χ2v) is 1.13. The van der Waals surface area contributed by atoms with Gasteiger partial charge in [-0.3, -0.25) is 9.78 Å².